The van der Waals surface area contributed by atoms with Crippen LogP contribution >= 0.6 is 0 Å². The topological polar surface area (TPSA) is 106 Å². The van der Waals surface area contributed by atoms with Crippen LogP contribution in [0.2, 0.25) is 0 Å². The number of hydrogen-bond acceptors (Lipinski definition) is 7. The normalized spacial score (nSPS) is 17.4. The number of nitrogens with zero attached hydrogens (tertiary/aromatic N) is 4. The summed E-state index contributed by atoms with van der Waals surface area (Å²) < 4.78 is 46.3. The number of fused-ring (bicyclic) bond motifs is 1. The van der Waals surface area contributed by atoms with Crippen molar-refractivity contribution in [1.29, 1.82) is 0 Å². The van der Waals surface area contributed by atoms with E-state index in [4.69, 9.17) is 9.84 Å². The Bertz CT molecular complexity index is 1380. The lowest BCUT2D eigenvalue weighted by Crippen LogP contribution is -2.36. The summed E-state index contributed by atoms with van der Waals surface area (Å²) in [5.74, 6) is -0.428. The first kappa shape index (κ1) is 24.6. The second-order valence-corrected chi connectivity index (χ2v) is 11.5. The van der Waals surface area contributed by atoms with Crippen LogP contribution in [-0.2, 0) is 14.8 Å². The molecule has 0 radical (unpaired) electrons. The summed E-state index contributed by atoms with van der Waals surface area (Å²) >= 11 is 0. The first-order valence-corrected chi connectivity index (χ1v) is 14.1. The molecular formula is C25H30FN5O4S. The van der Waals surface area contributed by atoms with Gasteiger partial charge in [0.1, 0.15) is 11.5 Å². The van der Waals surface area contributed by atoms with E-state index in [1.807, 2.05) is 4.72 Å². The molecule has 192 valence electrons. The van der Waals surface area contributed by atoms with Gasteiger partial charge in [-0.3, -0.25) is 4.79 Å². The molecule has 1 N–H and O–H groups in total. The number of hydrogen-bond donors (Lipinski definition) is 1. The number of carbonyl (C=O) groups excluding carboxylic acids is 1. The summed E-state index contributed by atoms with van der Waals surface area (Å²) in [7, 11) is -2.07. The Morgan fingerprint density at radius 1 is 1.17 bits per heavy atom. The SMILES string of the molecule is COCC1CCN(c2cc(C(=O)NS(C)(=O)=O)nc3c2c(C2CCC2)nn3-c2ccc(F)cc2)CC1. The molecule has 0 bridgehead atoms. The minimum absolute atomic E-state index is 0.00892. The maximum absolute atomic E-state index is 13.7. The molecule has 1 amide bonds. The zero-order chi connectivity index (χ0) is 25.4. The zero-order valence-corrected chi connectivity index (χ0v) is 21.2. The van der Waals surface area contributed by atoms with Crippen molar-refractivity contribution in [2.24, 2.45) is 5.92 Å². The molecule has 11 heteroatoms. The molecule has 1 aliphatic carbocycles. The van der Waals surface area contributed by atoms with Crippen molar-refractivity contribution in [3.63, 3.8) is 0 Å². The van der Waals surface area contributed by atoms with Crippen molar-refractivity contribution < 1.29 is 22.3 Å². The van der Waals surface area contributed by atoms with Crippen LogP contribution in [0.3, 0.4) is 0 Å². The predicted molar refractivity (Wildman–Crippen MR) is 135 cm³/mol. The summed E-state index contributed by atoms with van der Waals surface area (Å²) in [6.07, 6.45) is 5.96. The molecule has 1 saturated heterocycles. The first-order chi connectivity index (χ1) is 17.2. The summed E-state index contributed by atoms with van der Waals surface area (Å²) in [5, 5.41) is 5.79. The lowest BCUT2D eigenvalue weighted by Gasteiger charge is -2.34. The number of halogens is 1. The molecule has 3 aromatic rings. The van der Waals surface area contributed by atoms with E-state index < -0.39 is 15.9 Å². The first-order valence-electron chi connectivity index (χ1n) is 12.2. The fourth-order valence-corrected chi connectivity index (χ4v) is 5.46. The van der Waals surface area contributed by atoms with E-state index in [0.29, 0.717) is 23.9 Å². The van der Waals surface area contributed by atoms with E-state index >= 15 is 0 Å². The van der Waals surface area contributed by atoms with Crippen LogP contribution in [0.1, 0.15) is 54.2 Å². The van der Waals surface area contributed by atoms with E-state index in [2.05, 4.69) is 9.88 Å². The Hall–Kier alpha value is -3.05. The molecule has 1 aromatic carbocycles. The van der Waals surface area contributed by atoms with Gasteiger partial charge in [0.15, 0.2) is 5.65 Å². The molecule has 1 saturated carbocycles. The Labute approximate surface area is 209 Å². The lowest BCUT2D eigenvalue weighted by atomic mass is 9.82. The maximum atomic E-state index is 13.7. The van der Waals surface area contributed by atoms with E-state index in [9.17, 15) is 17.6 Å². The molecule has 0 unspecified atom stereocenters. The number of piperidine rings is 1. The molecule has 2 aromatic heterocycles. The number of ether oxygens (including phenoxy) is 1. The highest BCUT2D eigenvalue weighted by molar-refractivity contribution is 7.89. The van der Waals surface area contributed by atoms with Crippen molar-refractivity contribution in [2.45, 2.75) is 38.0 Å². The molecule has 0 atom stereocenters. The molecule has 9 nitrogen and oxygen atoms in total. The van der Waals surface area contributed by atoms with Gasteiger partial charge in [-0.15, -0.1) is 0 Å². The number of aromatic nitrogens is 3. The van der Waals surface area contributed by atoms with Gasteiger partial charge in [0, 0.05) is 32.7 Å². The fraction of sp³-hybridized carbons (Fsp3) is 0.480. The van der Waals surface area contributed by atoms with Crippen molar-refractivity contribution in [3.05, 3.63) is 47.5 Å². The smallest absolute Gasteiger partial charge is 0.283 e. The number of rotatable bonds is 7. The van der Waals surface area contributed by atoms with Crippen molar-refractivity contribution >= 4 is 32.7 Å². The van der Waals surface area contributed by atoms with Crippen molar-refractivity contribution in [3.8, 4) is 5.69 Å². The number of sulfonamides is 1. The van der Waals surface area contributed by atoms with Gasteiger partial charge in [-0.2, -0.15) is 5.10 Å². The summed E-state index contributed by atoms with van der Waals surface area (Å²) in [5.41, 5.74) is 2.80. The van der Waals surface area contributed by atoms with Crippen LogP contribution in [0.25, 0.3) is 16.7 Å². The second-order valence-electron chi connectivity index (χ2n) is 9.72. The molecule has 2 fully saturated rings. The Morgan fingerprint density at radius 3 is 2.44 bits per heavy atom. The van der Waals surface area contributed by atoms with Gasteiger partial charge in [-0.25, -0.2) is 27.2 Å². The average molecular weight is 516 g/mol. The summed E-state index contributed by atoms with van der Waals surface area (Å²) in [6.45, 7) is 2.25. The minimum Gasteiger partial charge on any atom is -0.384 e. The molecule has 2 aliphatic rings. The molecule has 1 aliphatic heterocycles. The van der Waals surface area contributed by atoms with Gasteiger partial charge >= 0.3 is 0 Å². The quantitative estimate of drug-likeness (QED) is 0.514. The minimum atomic E-state index is -3.78. The number of methoxy groups -OCH3 is 1. The molecular weight excluding hydrogens is 485 g/mol. The van der Waals surface area contributed by atoms with Crippen LogP contribution in [0.15, 0.2) is 30.3 Å². The highest BCUT2D eigenvalue weighted by Gasteiger charge is 2.31. The number of anilines is 1. The third-order valence-electron chi connectivity index (χ3n) is 7.08. The number of carbonyl (C=O) groups is 1. The van der Waals surface area contributed by atoms with Crippen LogP contribution in [0.5, 0.6) is 0 Å². The average Bonchev–Trinajstić information content (AvgIpc) is 3.16. The van der Waals surface area contributed by atoms with Crippen LogP contribution in [-0.4, -0.2) is 62.2 Å². The van der Waals surface area contributed by atoms with Crippen LogP contribution < -0.4 is 9.62 Å². The van der Waals surface area contributed by atoms with Gasteiger partial charge in [-0.05, 0) is 61.9 Å². The monoisotopic (exact) mass is 515 g/mol. The number of benzene rings is 1. The number of pyridine rings is 1. The van der Waals surface area contributed by atoms with Crippen LogP contribution in [0, 0.1) is 11.7 Å². The molecule has 36 heavy (non-hydrogen) atoms. The fourth-order valence-electron chi connectivity index (χ4n) is 5.02. The van der Waals surface area contributed by atoms with Gasteiger partial charge in [0.05, 0.1) is 28.7 Å². The highest BCUT2D eigenvalue weighted by Crippen LogP contribution is 2.43. The second kappa shape index (κ2) is 9.78. The standard InChI is InChI=1S/C25H30FN5O4S/c1-35-15-16-10-12-30(13-11-16)21-14-20(25(32)29-36(2,33)34)27-24-22(21)23(17-4-3-5-17)28-31(24)19-8-6-18(26)7-9-19/h6-9,14,16-17H,3-5,10-13,15H2,1-2H3,(H,29,32). The number of amides is 1. The Kier molecular flexibility index (Phi) is 6.69. The Morgan fingerprint density at radius 2 is 1.86 bits per heavy atom. The van der Waals surface area contributed by atoms with E-state index in [-0.39, 0.29) is 17.4 Å². The maximum Gasteiger partial charge on any atom is 0.283 e. The third kappa shape index (κ3) is 4.94. The third-order valence-corrected chi connectivity index (χ3v) is 7.63. The largest absolute Gasteiger partial charge is 0.384 e. The van der Waals surface area contributed by atoms with Gasteiger partial charge in [0.25, 0.3) is 5.91 Å². The number of nitrogens with one attached hydrogen (secondary N) is 1. The van der Waals surface area contributed by atoms with Crippen molar-refractivity contribution in [1.82, 2.24) is 19.5 Å². The van der Waals surface area contributed by atoms with E-state index in [0.717, 1.165) is 68.2 Å². The Balaban J connectivity index is 1.68. The lowest BCUT2D eigenvalue weighted by molar-refractivity contribution is 0.0977. The summed E-state index contributed by atoms with van der Waals surface area (Å²) in [6, 6.07) is 7.62. The van der Waals surface area contributed by atoms with Crippen molar-refractivity contribution in [2.75, 3.05) is 38.0 Å². The highest BCUT2D eigenvalue weighted by atomic mass is 32.2. The van der Waals surface area contributed by atoms with Gasteiger partial charge < -0.3 is 9.64 Å². The van der Waals surface area contributed by atoms with Crippen LogP contribution in [0.4, 0.5) is 10.1 Å². The molecule has 0 spiro atoms. The van der Waals surface area contributed by atoms with Gasteiger partial charge in [0.2, 0.25) is 10.0 Å². The predicted octanol–water partition coefficient (Wildman–Crippen LogP) is 3.38. The van der Waals surface area contributed by atoms with Gasteiger partial charge in [-0.1, -0.05) is 6.42 Å². The molecule has 3 heterocycles. The molecule has 5 rings (SSSR count). The zero-order valence-electron chi connectivity index (χ0n) is 20.4. The van der Waals surface area contributed by atoms with E-state index in [1.54, 1.807) is 30.0 Å². The van der Waals surface area contributed by atoms with E-state index in [1.165, 1.54) is 12.1 Å². The summed E-state index contributed by atoms with van der Waals surface area (Å²) in [4.78, 5) is 19.7.